The van der Waals surface area contributed by atoms with Crippen molar-refractivity contribution in [1.82, 2.24) is 9.88 Å². The molecule has 0 bridgehead atoms. The van der Waals surface area contributed by atoms with Gasteiger partial charge in [0.2, 0.25) is 0 Å². The Hall–Kier alpha value is -3.80. The second kappa shape index (κ2) is 14.8. The summed E-state index contributed by atoms with van der Waals surface area (Å²) in [5.74, 6) is 2.24. The fraction of sp³-hybridized carbons (Fsp3) is 0.314. The molecule has 1 saturated heterocycles. The third-order valence-electron chi connectivity index (χ3n) is 7.93. The number of nitriles is 1. The Morgan fingerprint density at radius 3 is 2.55 bits per heavy atom. The van der Waals surface area contributed by atoms with Gasteiger partial charge < -0.3 is 24.8 Å². The van der Waals surface area contributed by atoms with Crippen LogP contribution in [0.1, 0.15) is 40.7 Å². The summed E-state index contributed by atoms with van der Waals surface area (Å²) in [5, 5.41) is 10.2. The van der Waals surface area contributed by atoms with Crippen LogP contribution in [0.2, 0.25) is 10.0 Å². The maximum Gasteiger partial charge on any atom is 0.142 e. The minimum absolute atomic E-state index is 0.221. The van der Waals surface area contributed by atoms with Gasteiger partial charge in [-0.25, -0.2) is 0 Å². The van der Waals surface area contributed by atoms with Crippen molar-refractivity contribution in [1.29, 1.82) is 5.26 Å². The summed E-state index contributed by atoms with van der Waals surface area (Å²) in [4.78, 5) is 6.45. The first-order valence-electron chi connectivity index (χ1n) is 14.7. The van der Waals surface area contributed by atoms with Crippen LogP contribution in [0.5, 0.6) is 17.2 Å². The number of nitrogens with zero attached hydrogens (tertiary/aromatic N) is 3. The van der Waals surface area contributed by atoms with Gasteiger partial charge in [0.25, 0.3) is 0 Å². The van der Waals surface area contributed by atoms with Gasteiger partial charge in [-0.2, -0.15) is 5.26 Å². The van der Waals surface area contributed by atoms with Crippen molar-refractivity contribution in [2.45, 2.75) is 39.5 Å². The minimum atomic E-state index is 0.221. The predicted molar refractivity (Wildman–Crippen MR) is 174 cm³/mol. The molecule has 9 heteroatoms. The number of ether oxygens (including phenoxy) is 3. The Morgan fingerprint density at radius 2 is 1.75 bits per heavy atom. The standard InChI is InChI=1S/C35H36Cl2N4O3/c1-23-27(7-3-8-29(23)30-9-4-10-32(35(30)37)42-20-24-6-5-11-41(2)19-24)22-44-34-14-33(28(16-39)13-31(34)36)43-21-26-12-25(15-38)17-40-18-26/h3-4,7-10,12-14,17-18,24H,5-6,11,16,19-22,39H2,1-2H3. The van der Waals surface area contributed by atoms with Crippen molar-refractivity contribution in [3.05, 3.63) is 105 Å². The molecule has 4 aromatic rings. The first-order chi connectivity index (χ1) is 21.4. The first kappa shape index (κ1) is 31.6. The Labute approximate surface area is 269 Å². The first-order valence-corrected chi connectivity index (χ1v) is 15.4. The molecule has 5 rings (SSSR count). The van der Waals surface area contributed by atoms with Crippen LogP contribution in [-0.4, -0.2) is 36.6 Å². The number of rotatable bonds is 11. The van der Waals surface area contributed by atoms with E-state index in [0.29, 0.717) is 45.4 Å². The molecule has 1 aromatic heterocycles. The Bertz CT molecular complexity index is 1660. The van der Waals surface area contributed by atoms with Crippen molar-refractivity contribution in [2.75, 3.05) is 26.7 Å². The van der Waals surface area contributed by atoms with E-state index in [1.807, 2.05) is 30.3 Å². The number of pyridine rings is 1. The second-order valence-electron chi connectivity index (χ2n) is 11.2. The van der Waals surface area contributed by atoms with E-state index >= 15 is 0 Å². The highest BCUT2D eigenvalue weighted by molar-refractivity contribution is 6.35. The average molecular weight is 632 g/mol. The minimum Gasteiger partial charge on any atom is -0.492 e. The summed E-state index contributed by atoms with van der Waals surface area (Å²) in [6.07, 6.45) is 5.53. The molecule has 0 radical (unpaired) electrons. The lowest BCUT2D eigenvalue weighted by atomic mass is 9.96. The third kappa shape index (κ3) is 7.64. The molecular weight excluding hydrogens is 595 g/mol. The fourth-order valence-corrected chi connectivity index (χ4v) is 6.03. The molecular formula is C35H36Cl2N4O3. The van der Waals surface area contributed by atoms with E-state index in [-0.39, 0.29) is 19.8 Å². The van der Waals surface area contributed by atoms with E-state index in [9.17, 15) is 0 Å². The van der Waals surface area contributed by atoms with Crippen LogP contribution in [0.3, 0.4) is 0 Å². The lowest BCUT2D eigenvalue weighted by Crippen LogP contribution is -2.34. The van der Waals surface area contributed by atoms with Gasteiger partial charge in [0.1, 0.15) is 36.5 Å². The average Bonchev–Trinajstić information content (AvgIpc) is 3.03. The van der Waals surface area contributed by atoms with Gasteiger partial charge in [-0.05, 0) is 68.2 Å². The highest BCUT2D eigenvalue weighted by Gasteiger charge is 2.20. The summed E-state index contributed by atoms with van der Waals surface area (Å²) in [6.45, 7) is 5.65. The van der Waals surface area contributed by atoms with Crippen LogP contribution >= 0.6 is 23.2 Å². The monoisotopic (exact) mass is 630 g/mol. The van der Waals surface area contributed by atoms with Gasteiger partial charge in [-0.1, -0.05) is 53.5 Å². The Morgan fingerprint density at radius 1 is 0.955 bits per heavy atom. The third-order valence-corrected chi connectivity index (χ3v) is 8.62. The highest BCUT2D eigenvalue weighted by Crippen LogP contribution is 2.39. The molecule has 1 atom stereocenters. The van der Waals surface area contributed by atoms with Crippen molar-refractivity contribution < 1.29 is 14.2 Å². The van der Waals surface area contributed by atoms with Gasteiger partial charge >= 0.3 is 0 Å². The molecule has 0 saturated carbocycles. The van der Waals surface area contributed by atoms with Crippen LogP contribution in [0.15, 0.2) is 67.0 Å². The molecule has 1 aliphatic heterocycles. The molecule has 3 aromatic carbocycles. The summed E-state index contributed by atoms with van der Waals surface area (Å²) < 4.78 is 18.5. The Kier molecular flexibility index (Phi) is 10.6. The molecule has 44 heavy (non-hydrogen) atoms. The normalized spacial score (nSPS) is 15.0. The van der Waals surface area contributed by atoms with E-state index in [0.717, 1.165) is 46.5 Å². The van der Waals surface area contributed by atoms with Gasteiger partial charge in [0.05, 0.1) is 22.2 Å². The summed E-state index contributed by atoms with van der Waals surface area (Å²) in [5.41, 5.74) is 11.9. The van der Waals surface area contributed by atoms with Gasteiger partial charge in [0, 0.05) is 54.2 Å². The van der Waals surface area contributed by atoms with E-state index < -0.39 is 0 Å². The number of halogens is 2. The Balaban J connectivity index is 1.30. The molecule has 0 aliphatic carbocycles. The maximum absolute atomic E-state index is 9.16. The lowest BCUT2D eigenvalue weighted by molar-refractivity contribution is 0.150. The number of nitrogens with two attached hydrogens (primary N) is 1. The largest absolute Gasteiger partial charge is 0.492 e. The van der Waals surface area contributed by atoms with Crippen molar-refractivity contribution in [2.24, 2.45) is 11.7 Å². The van der Waals surface area contributed by atoms with E-state index in [1.54, 1.807) is 24.4 Å². The molecule has 1 unspecified atom stereocenters. The van der Waals surface area contributed by atoms with Crippen LogP contribution in [-0.2, 0) is 19.8 Å². The number of aromatic nitrogens is 1. The van der Waals surface area contributed by atoms with Crippen molar-refractivity contribution in [3.8, 4) is 34.4 Å². The molecule has 2 heterocycles. The molecule has 0 amide bonds. The maximum atomic E-state index is 9.16. The predicted octanol–water partition coefficient (Wildman–Crippen LogP) is 7.57. The van der Waals surface area contributed by atoms with Crippen LogP contribution in [0.4, 0.5) is 0 Å². The highest BCUT2D eigenvalue weighted by atomic mass is 35.5. The fourth-order valence-electron chi connectivity index (χ4n) is 5.50. The van der Waals surface area contributed by atoms with Crippen molar-refractivity contribution in [3.63, 3.8) is 0 Å². The molecule has 1 aliphatic rings. The quantitative estimate of drug-likeness (QED) is 0.183. The van der Waals surface area contributed by atoms with E-state index in [2.05, 4.69) is 36.0 Å². The van der Waals surface area contributed by atoms with Gasteiger partial charge in [-0.3, -0.25) is 4.98 Å². The molecule has 1 fully saturated rings. The number of hydrogen-bond acceptors (Lipinski definition) is 7. The van der Waals surface area contributed by atoms with Gasteiger partial charge in [-0.15, -0.1) is 0 Å². The van der Waals surface area contributed by atoms with E-state index in [1.165, 1.54) is 19.0 Å². The van der Waals surface area contributed by atoms with Crippen LogP contribution in [0, 0.1) is 24.2 Å². The smallest absolute Gasteiger partial charge is 0.142 e. The zero-order valence-corrected chi connectivity index (χ0v) is 26.5. The zero-order chi connectivity index (χ0) is 31.1. The van der Waals surface area contributed by atoms with E-state index in [4.69, 9.17) is 48.4 Å². The van der Waals surface area contributed by atoms with Crippen molar-refractivity contribution >= 4 is 23.2 Å². The lowest BCUT2D eigenvalue weighted by Gasteiger charge is -2.29. The summed E-state index contributed by atoms with van der Waals surface area (Å²) >= 11 is 13.5. The van der Waals surface area contributed by atoms with Crippen LogP contribution in [0.25, 0.3) is 11.1 Å². The number of hydrogen-bond donors (Lipinski definition) is 1. The number of benzene rings is 3. The molecule has 228 valence electrons. The molecule has 0 spiro atoms. The van der Waals surface area contributed by atoms with Crippen LogP contribution < -0.4 is 19.9 Å². The molecule has 2 N–H and O–H groups in total. The molecule has 7 nitrogen and oxygen atoms in total. The number of likely N-dealkylation sites (tertiary alicyclic amines) is 1. The zero-order valence-electron chi connectivity index (χ0n) is 25.0. The summed E-state index contributed by atoms with van der Waals surface area (Å²) in [6, 6.07) is 19.4. The van der Waals surface area contributed by atoms with Gasteiger partial charge in [0.15, 0.2) is 0 Å². The SMILES string of the molecule is Cc1c(COc2cc(OCc3cncc(C#N)c3)c(CN)cc2Cl)cccc1-c1cccc(OCC2CCCN(C)C2)c1Cl. The number of piperidine rings is 1. The summed E-state index contributed by atoms with van der Waals surface area (Å²) in [7, 11) is 2.16. The second-order valence-corrected chi connectivity index (χ2v) is 11.9. The topological polar surface area (TPSA) is 93.6 Å².